The molecule has 3 rings (SSSR count). The van der Waals surface area contributed by atoms with Crippen molar-refractivity contribution in [2.45, 2.75) is 19.4 Å². The fourth-order valence-electron chi connectivity index (χ4n) is 2.00. The summed E-state index contributed by atoms with van der Waals surface area (Å²) in [6.07, 6.45) is 4.95. The highest BCUT2D eigenvalue weighted by molar-refractivity contribution is 7.13. The van der Waals surface area contributed by atoms with E-state index in [1.807, 2.05) is 5.38 Å². The molecule has 3 N–H and O–H groups in total. The highest BCUT2D eigenvalue weighted by atomic mass is 32.1. The van der Waals surface area contributed by atoms with Crippen LogP contribution in [0.15, 0.2) is 28.8 Å². The summed E-state index contributed by atoms with van der Waals surface area (Å²) in [6.45, 7) is 0.623. The van der Waals surface area contributed by atoms with Gasteiger partial charge in [-0.2, -0.15) is 0 Å². The minimum absolute atomic E-state index is 0.0345. The molecule has 3 aromatic heterocycles. The van der Waals surface area contributed by atoms with Crippen molar-refractivity contribution in [2.75, 3.05) is 5.73 Å². The Hall–Kier alpha value is -2.15. The number of fused-ring (bicyclic) bond motifs is 1. The number of H-pyrrole nitrogens is 1. The monoisotopic (exact) mass is 275 g/mol. The molecule has 0 unspecified atom stereocenters. The lowest BCUT2D eigenvalue weighted by atomic mass is 10.2. The smallest absolute Gasteiger partial charge is 0.277 e. The molecule has 0 aliphatic rings. The number of nitrogens with zero attached hydrogens (tertiary/aromatic N) is 3. The second kappa shape index (κ2) is 4.85. The SMILES string of the molecule is Nc1nc(CCCn2cnc3cc[nH]c3c2=O)cs1. The van der Waals surface area contributed by atoms with E-state index in [0.717, 1.165) is 18.5 Å². The lowest BCUT2D eigenvalue weighted by Gasteiger charge is -2.03. The van der Waals surface area contributed by atoms with Gasteiger partial charge in [-0.15, -0.1) is 11.3 Å². The third-order valence-corrected chi connectivity index (χ3v) is 3.66. The number of nitrogens with two attached hydrogens (primary N) is 1. The Balaban J connectivity index is 1.71. The number of hydrogen-bond donors (Lipinski definition) is 2. The summed E-state index contributed by atoms with van der Waals surface area (Å²) < 4.78 is 1.62. The van der Waals surface area contributed by atoms with Gasteiger partial charge >= 0.3 is 0 Å². The van der Waals surface area contributed by atoms with E-state index >= 15 is 0 Å². The molecular formula is C12H13N5OS. The second-order valence-electron chi connectivity index (χ2n) is 4.26. The summed E-state index contributed by atoms with van der Waals surface area (Å²) in [5.74, 6) is 0. The summed E-state index contributed by atoms with van der Waals surface area (Å²) >= 11 is 1.44. The van der Waals surface area contributed by atoms with Crippen molar-refractivity contribution in [3.8, 4) is 0 Å². The van der Waals surface area contributed by atoms with Gasteiger partial charge in [-0.25, -0.2) is 9.97 Å². The molecule has 0 aliphatic heterocycles. The number of aryl methyl sites for hydroxylation is 2. The molecule has 0 saturated heterocycles. The predicted molar refractivity (Wildman–Crippen MR) is 75.2 cm³/mol. The van der Waals surface area contributed by atoms with Crippen LogP contribution in [0.5, 0.6) is 0 Å². The van der Waals surface area contributed by atoms with Crippen molar-refractivity contribution in [3.05, 3.63) is 40.0 Å². The van der Waals surface area contributed by atoms with Crippen LogP contribution in [0.1, 0.15) is 12.1 Å². The average molecular weight is 275 g/mol. The summed E-state index contributed by atoms with van der Waals surface area (Å²) in [6, 6.07) is 1.79. The maximum absolute atomic E-state index is 12.1. The first kappa shape index (κ1) is 11.9. The fourth-order valence-corrected chi connectivity index (χ4v) is 2.59. The molecule has 0 radical (unpaired) electrons. The summed E-state index contributed by atoms with van der Waals surface area (Å²) in [5, 5.41) is 2.53. The van der Waals surface area contributed by atoms with Crippen molar-refractivity contribution < 1.29 is 0 Å². The molecule has 0 aliphatic carbocycles. The first-order valence-corrected chi connectivity index (χ1v) is 6.84. The van der Waals surface area contributed by atoms with Gasteiger partial charge in [0.15, 0.2) is 5.13 Å². The van der Waals surface area contributed by atoms with Gasteiger partial charge in [0.1, 0.15) is 5.52 Å². The lowest BCUT2D eigenvalue weighted by Crippen LogP contribution is -2.20. The van der Waals surface area contributed by atoms with Gasteiger partial charge in [0, 0.05) is 18.1 Å². The van der Waals surface area contributed by atoms with E-state index in [4.69, 9.17) is 5.73 Å². The zero-order chi connectivity index (χ0) is 13.2. The van der Waals surface area contributed by atoms with Gasteiger partial charge in [0.25, 0.3) is 5.56 Å². The number of anilines is 1. The maximum atomic E-state index is 12.1. The van der Waals surface area contributed by atoms with Crippen LogP contribution in [-0.4, -0.2) is 19.5 Å². The van der Waals surface area contributed by atoms with Crippen LogP contribution >= 0.6 is 11.3 Å². The number of aromatic nitrogens is 4. The third kappa shape index (κ3) is 2.37. The zero-order valence-corrected chi connectivity index (χ0v) is 11.0. The van der Waals surface area contributed by atoms with Crippen LogP contribution < -0.4 is 11.3 Å². The number of rotatable bonds is 4. The van der Waals surface area contributed by atoms with Gasteiger partial charge in [-0.1, -0.05) is 0 Å². The van der Waals surface area contributed by atoms with Crippen molar-refractivity contribution in [2.24, 2.45) is 0 Å². The lowest BCUT2D eigenvalue weighted by molar-refractivity contribution is 0.613. The van der Waals surface area contributed by atoms with E-state index in [9.17, 15) is 4.79 Å². The van der Waals surface area contributed by atoms with Gasteiger partial charge in [0.2, 0.25) is 0 Å². The maximum Gasteiger partial charge on any atom is 0.277 e. The Morgan fingerprint density at radius 3 is 3.16 bits per heavy atom. The molecule has 0 saturated carbocycles. The zero-order valence-electron chi connectivity index (χ0n) is 10.2. The molecule has 0 atom stereocenters. The minimum atomic E-state index is -0.0345. The molecule has 19 heavy (non-hydrogen) atoms. The Kier molecular flexibility index (Phi) is 3.04. The first-order chi connectivity index (χ1) is 9.24. The van der Waals surface area contributed by atoms with Crippen LogP contribution in [0.25, 0.3) is 11.0 Å². The Morgan fingerprint density at radius 2 is 2.37 bits per heavy atom. The van der Waals surface area contributed by atoms with Crippen molar-refractivity contribution in [3.63, 3.8) is 0 Å². The molecule has 6 nitrogen and oxygen atoms in total. The average Bonchev–Trinajstić information content (AvgIpc) is 3.01. The molecule has 0 amide bonds. The molecule has 0 aromatic carbocycles. The number of aromatic amines is 1. The fraction of sp³-hybridized carbons (Fsp3) is 0.250. The van der Waals surface area contributed by atoms with Gasteiger partial charge in [-0.3, -0.25) is 9.36 Å². The van der Waals surface area contributed by atoms with Gasteiger partial charge < -0.3 is 10.7 Å². The molecule has 98 valence electrons. The Bertz CT molecular complexity index is 757. The summed E-state index contributed by atoms with van der Waals surface area (Å²) in [7, 11) is 0. The van der Waals surface area contributed by atoms with Crippen LogP contribution in [0, 0.1) is 0 Å². The van der Waals surface area contributed by atoms with Crippen LogP contribution in [0.3, 0.4) is 0 Å². The third-order valence-electron chi connectivity index (χ3n) is 2.94. The molecule has 3 aromatic rings. The van der Waals surface area contributed by atoms with E-state index in [2.05, 4.69) is 15.0 Å². The van der Waals surface area contributed by atoms with E-state index in [0.29, 0.717) is 22.7 Å². The molecule has 0 fully saturated rings. The number of hydrogen-bond acceptors (Lipinski definition) is 5. The second-order valence-corrected chi connectivity index (χ2v) is 5.15. The van der Waals surface area contributed by atoms with E-state index in [1.165, 1.54) is 11.3 Å². The minimum Gasteiger partial charge on any atom is -0.375 e. The van der Waals surface area contributed by atoms with E-state index in [-0.39, 0.29) is 5.56 Å². The quantitative estimate of drug-likeness (QED) is 0.753. The highest BCUT2D eigenvalue weighted by Gasteiger charge is 2.05. The van der Waals surface area contributed by atoms with Gasteiger partial charge in [-0.05, 0) is 18.9 Å². The number of thiazole rings is 1. The number of nitrogen functional groups attached to an aromatic ring is 1. The van der Waals surface area contributed by atoms with Crippen LogP contribution in [0.2, 0.25) is 0 Å². The Labute approximate surface area is 112 Å². The van der Waals surface area contributed by atoms with E-state index < -0.39 is 0 Å². The largest absolute Gasteiger partial charge is 0.375 e. The van der Waals surface area contributed by atoms with Crippen LogP contribution in [-0.2, 0) is 13.0 Å². The molecule has 7 heteroatoms. The van der Waals surface area contributed by atoms with Crippen LogP contribution in [0.4, 0.5) is 5.13 Å². The van der Waals surface area contributed by atoms with Gasteiger partial charge in [0.05, 0.1) is 17.5 Å². The van der Waals surface area contributed by atoms with E-state index in [1.54, 1.807) is 23.2 Å². The standard InChI is InChI=1S/C12H13N5OS/c13-12-16-8(6-19-12)2-1-5-17-7-15-9-3-4-14-10(9)11(17)18/h3-4,6-7,14H,1-2,5H2,(H2,13,16). The topological polar surface area (TPSA) is 89.6 Å². The van der Waals surface area contributed by atoms with Crippen molar-refractivity contribution in [1.82, 2.24) is 19.5 Å². The first-order valence-electron chi connectivity index (χ1n) is 5.96. The Morgan fingerprint density at radius 1 is 1.47 bits per heavy atom. The molecule has 0 bridgehead atoms. The normalized spacial score (nSPS) is 11.2. The number of nitrogens with one attached hydrogen (secondary N) is 1. The summed E-state index contributed by atoms with van der Waals surface area (Å²) in [5.41, 5.74) is 7.77. The van der Waals surface area contributed by atoms with Crippen molar-refractivity contribution >= 4 is 27.5 Å². The van der Waals surface area contributed by atoms with Crippen molar-refractivity contribution in [1.29, 1.82) is 0 Å². The highest BCUT2D eigenvalue weighted by Crippen LogP contribution is 2.12. The molecular weight excluding hydrogens is 262 g/mol. The predicted octanol–water partition coefficient (Wildman–Crippen LogP) is 1.40. The molecule has 3 heterocycles. The molecule has 0 spiro atoms. The summed E-state index contributed by atoms with van der Waals surface area (Å²) in [4.78, 5) is 23.4.